The summed E-state index contributed by atoms with van der Waals surface area (Å²) in [6.45, 7) is 1.77. The molecule has 2 aromatic rings. The Hall–Kier alpha value is -2.61. The SMILES string of the molecule is CC(N)c1ccc(Oc2cc(F)c([N+](=O)[O-])cc2F)nc1. The van der Waals surface area contributed by atoms with Crippen LogP contribution < -0.4 is 10.5 Å². The Kier molecular flexibility index (Phi) is 4.08. The van der Waals surface area contributed by atoms with Crippen LogP contribution in [0.4, 0.5) is 14.5 Å². The molecule has 1 aromatic carbocycles. The number of hydrogen-bond donors (Lipinski definition) is 1. The van der Waals surface area contributed by atoms with E-state index in [0.717, 1.165) is 5.56 Å². The molecule has 0 saturated heterocycles. The highest BCUT2D eigenvalue weighted by atomic mass is 19.1. The molecule has 21 heavy (non-hydrogen) atoms. The van der Waals surface area contributed by atoms with Crippen molar-refractivity contribution in [2.45, 2.75) is 13.0 Å². The third-order valence-electron chi connectivity index (χ3n) is 2.70. The zero-order valence-corrected chi connectivity index (χ0v) is 10.9. The predicted octanol–water partition coefficient (Wildman–Crippen LogP) is 3.08. The first-order valence-electron chi connectivity index (χ1n) is 5.91. The number of nitro benzene ring substituents is 1. The zero-order chi connectivity index (χ0) is 15.6. The predicted molar refractivity (Wildman–Crippen MR) is 69.9 cm³/mol. The number of halogens is 2. The maximum Gasteiger partial charge on any atom is 0.307 e. The summed E-state index contributed by atoms with van der Waals surface area (Å²) in [5.74, 6) is -2.71. The molecule has 0 aliphatic heterocycles. The Morgan fingerprint density at radius 3 is 2.57 bits per heavy atom. The molecule has 0 amide bonds. The lowest BCUT2D eigenvalue weighted by atomic mass is 10.2. The maximum absolute atomic E-state index is 13.6. The Labute approximate surface area is 118 Å². The van der Waals surface area contributed by atoms with Crippen LogP contribution in [0.1, 0.15) is 18.5 Å². The van der Waals surface area contributed by atoms with Gasteiger partial charge in [-0.1, -0.05) is 6.07 Å². The fourth-order valence-electron chi connectivity index (χ4n) is 1.57. The Morgan fingerprint density at radius 2 is 2.05 bits per heavy atom. The highest BCUT2D eigenvalue weighted by Gasteiger charge is 2.20. The summed E-state index contributed by atoms with van der Waals surface area (Å²) in [7, 11) is 0. The molecule has 1 unspecified atom stereocenters. The minimum atomic E-state index is -1.19. The molecule has 6 nitrogen and oxygen atoms in total. The van der Waals surface area contributed by atoms with Gasteiger partial charge in [0.2, 0.25) is 11.7 Å². The van der Waals surface area contributed by atoms with Crippen molar-refractivity contribution >= 4 is 5.69 Å². The molecule has 0 aliphatic rings. The highest BCUT2D eigenvalue weighted by Crippen LogP contribution is 2.29. The van der Waals surface area contributed by atoms with E-state index in [-0.39, 0.29) is 11.9 Å². The quantitative estimate of drug-likeness (QED) is 0.691. The second-order valence-corrected chi connectivity index (χ2v) is 4.31. The van der Waals surface area contributed by atoms with Gasteiger partial charge in [0.15, 0.2) is 11.6 Å². The zero-order valence-electron chi connectivity index (χ0n) is 10.9. The van der Waals surface area contributed by atoms with E-state index >= 15 is 0 Å². The minimum absolute atomic E-state index is 0.0200. The van der Waals surface area contributed by atoms with E-state index in [4.69, 9.17) is 10.5 Å². The number of nitrogens with zero attached hydrogens (tertiary/aromatic N) is 2. The lowest BCUT2D eigenvalue weighted by molar-refractivity contribution is -0.387. The normalized spacial score (nSPS) is 12.0. The van der Waals surface area contributed by atoms with Crippen molar-refractivity contribution in [1.29, 1.82) is 0 Å². The van der Waals surface area contributed by atoms with Gasteiger partial charge < -0.3 is 10.5 Å². The van der Waals surface area contributed by atoms with Crippen molar-refractivity contribution in [2.75, 3.05) is 0 Å². The van der Waals surface area contributed by atoms with Crippen molar-refractivity contribution in [1.82, 2.24) is 4.98 Å². The average molecular weight is 295 g/mol. The standard InChI is InChI=1S/C13H11F2N3O3/c1-7(16)8-2-3-13(17-6-8)21-12-5-9(14)11(18(19)20)4-10(12)15/h2-7H,16H2,1H3. The van der Waals surface area contributed by atoms with Gasteiger partial charge in [0.1, 0.15) is 0 Å². The molecule has 0 fully saturated rings. The number of ether oxygens (including phenoxy) is 1. The van der Waals surface area contributed by atoms with Gasteiger partial charge in [-0.05, 0) is 12.5 Å². The third kappa shape index (κ3) is 3.29. The van der Waals surface area contributed by atoms with Gasteiger partial charge in [0.05, 0.1) is 11.0 Å². The average Bonchev–Trinajstić information content (AvgIpc) is 2.42. The van der Waals surface area contributed by atoms with Gasteiger partial charge in [-0.2, -0.15) is 4.39 Å². The molecule has 0 bridgehead atoms. The molecule has 1 atom stereocenters. The monoisotopic (exact) mass is 295 g/mol. The van der Waals surface area contributed by atoms with Crippen LogP contribution in [0.3, 0.4) is 0 Å². The molecule has 1 heterocycles. The van der Waals surface area contributed by atoms with Crippen molar-refractivity contribution in [3.8, 4) is 11.6 Å². The lowest BCUT2D eigenvalue weighted by Crippen LogP contribution is -2.05. The highest BCUT2D eigenvalue weighted by molar-refractivity contribution is 5.40. The molecule has 0 spiro atoms. The second kappa shape index (κ2) is 5.80. The van der Waals surface area contributed by atoms with Gasteiger partial charge in [-0.15, -0.1) is 0 Å². The van der Waals surface area contributed by atoms with Crippen LogP contribution >= 0.6 is 0 Å². The second-order valence-electron chi connectivity index (χ2n) is 4.31. The van der Waals surface area contributed by atoms with Gasteiger partial charge >= 0.3 is 5.69 Å². The summed E-state index contributed by atoms with van der Waals surface area (Å²) in [6.07, 6.45) is 1.44. The molecular formula is C13H11F2N3O3. The summed E-state index contributed by atoms with van der Waals surface area (Å²) >= 11 is 0. The van der Waals surface area contributed by atoms with Crippen LogP contribution in [0, 0.1) is 21.7 Å². The van der Waals surface area contributed by atoms with Crippen molar-refractivity contribution in [3.05, 3.63) is 57.8 Å². The molecule has 110 valence electrons. The fraction of sp³-hybridized carbons (Fsp3) is 0.154. The first-order chi connectivity index (χ1) is 9.88. The minimum Gasteiger partial charge on any atom is -0.436 e. The molecule has 2 N–H and O–H groups in total. The molecule has 1 aromatic heterocycles. The molecule has 0 saturated carbocycles. The van der Waals surface area contributed by atoms with Crippen LogP contribution in [0.15, 0.2) is 30.5 Å². The number of benzene rings is 1. The fourth-order valence-corrected chi connectivity index (χ4v) is 1.57. The topological polar surface area (TPSA) is 91.3 Å². The van der Waals surface area contributed by atoms with Crippen LogP contribution in [0.25, 0.3) is 0 Å². The molecule has 0 aliphatic carbocycles. The lowest BCUT2D eigenvalue weighted by Gasteiger charge is -2.08. The first-order valence-corrected chi connectivity index (χ1v) is 5.91. The summed E-state index contributed by atoms with van der Waals surface area (Å²) in [4.78, 5) is 13.4. The smallest absolute Gasteiger partial charge is 0.307 e. The summed E-state index contributed by atoms with van der Waals surface area (Å²) in [5.41, 5.74) is 5.44. The van der Waals surface area contributed by atoms with E-state index in [2.05, 4.69) is 4.98 Å². The number of nitro groups is 1. The van der Waals surface area contributed by atoms with E-state index < -0.39 is 28.0 Å². The number of pyridine rings is 1. The van der Waals surface area contributed by atoms with Crippen LogP contribution in [0.5, 0.6) is 11.6 Å². The van der Waals surface area contributed by atoms with Crippen molar-refractivity contribution in [2.24, 2.45) is 5.73 Å². The van der Waals surface area contributed by atoms with E-state index in [1.165, 1.54) is 12.3 Å². The Bertz CT molecular complexity index is 675. The van der Waals surface area contributed by atoms with E-state index in [1.54, 1.807) is 13.0 Å². The van der Waals surface area contributed by atoms with Crippen LogP contribution in [0.2, 0.25) is 0 Å². The Morgan fingerprint density at radius 1 is 1.33 bits per heavy atom. The van der Waals surface area contributed by atoms with E-state index in [9.17, 15) is 18.9 Å². The number of aromatic nitrogens is 1. The van der Waals surface area contributed by atoms with Crippen molar-refractivity contribution in [3.63, 3.8) is 0 Å². The van der Waals surface area contributed by atoms with E-state index in [0.29, 0.717) is 12.1 Å². The first kappa shape index (κ1) is 14.8. The summed E-state index contributed by atoms with van der Waals surface area (Å²) < 4.78 is 32.1. The van der Waals surface area contributed by atoms with E-state index in [1.807, 2.05) is 0 Å². The molecule has 8 heteroatoms. The number of nitrogens with two attached hydrogens (primary N) is 1. The third-order valence-corrected chi connectivity index (χ3v) is 2.70. The molecule has 2 rings (SSSR count). The van der Waals surface area contributed by atoms with Gasteiger partial charge in [-0.25, -0.2) is 9.37 Å². The van der Waals surface area contributed by atoms with Crippen molar-refractivity contribution < 1.29 is 18.4 Å². The van der Waals surface area contributed by atoms with Gasteiger partial charge in [0.25, 0.3) is 0 Å². The molecule has 0 radical (unpaired) electrons. The largest absolute Gasteiger partial charge is 0.436 e. The summed E-state index contributed by atoms with van der Waals surface area (Å²) in [6, 6.07) is 3.92. The maximum atomic E-state index is 13.6. The van der Waals surface area contributed by atoms with Gasteiger partial charge in [0, 0.05) is 24.4 Å². The number of hydrogen-bond acceptors (Lipinski definition) is 5. The Balaban J connectivity index is 2.27. The molecular weight excluding hydrogens is 284 g/mol. The van der Waals surface area contributed by atoms with Crippen LogP contribution in [-0.4, -0.2) is 9.91 Å². The summed E-state index contributed by atoms with van der Waals surface area (Å²) in [5, 5.41) is 10.5. The number of rotatable bonds is 4. The van der Waals surface area contributed by atoms with Gasteiger partial charge in [-0.3, -0.25) is 10.1 Å². The van der Waals surface area contributed by atoms with Crippen LogP contribution in [-0.2, 0) is 0 Å².